The maximum atomic E-state index is 12.8. The lowest BCUT2D eigenvalue weighted by Gasteiger charge is -2.21. The molecule has 2 aromatic carbocycles. The van der Waals surface area contributed by atoms with Crippen LogP contribution in [-0.4, -0.2) is 27.2 Å². The molecular weight excluding hydrogens is 348 g/mol. The summed E-state index contributed by atoms with van der Waals surface area (Å²) in [4.78, 5) is 0.557. The van der Waals surface area contributed by atoms with Crippen LogP contribution >= 0.6 is 0 Å². The van der Waals surface area contributed by atoms with E-state index in [1.807, 2.05) is 32.9 Å². The summed E-state index contributed by atoms with van der Waals surface area (Å²) in [6, 6.07) is 13.6. The first-order valence-corrected chi connectivity index (χ1v) is 10.5. The fourth-order valence-corrected chi connectivity index (χ4v) is 3.84. The maximum Gasteiger partial charge on any atom is 0.206 e. The van der Waals surface area contributed by atoms with Crippen molar-refractivity contribution in [3.8, 4) is 5.75 Å². The van der Waals surface area contributed by atoms with Crippen LogP contribution in [0.2, 0.25) is 0 Å². The van der Waals surface area contributed by atoms with Crippen molar-refractivity contribution in [2.75, 3.05) is 6.61 Å². The van der Waals surface area contributed by atoms with Gasteiger partial charge in [0.1, 0.15) is 11.9 Å². The molecule has 5 heteroatoms. The summed E-state index contributed by atoms with van der Waals surface area (Å²) >= 11 is 0. The van der Waals surface area contributed by atoms with E-state index in [2.05, 4.69) is 13.8 Å². The van der Waals surface area contributed by atoms with Crippen molar-refractivity contribution in [2.45, 2.75) is 62.5 Å². The Balaban J connectivity index is 2.16. The van der Waals surface area contributed by atoms with Crippen LogP contribution in [0.25, 0.3) is 0 Å². The molecule has 0 amide bonds. The van der Waals surface area contributed by atoms with Gasteiger partial charge in [-0.25, -0.2) is 8.42 Å². The molecule has 2 aromatic rings. The molecule has 0 bridgehead atoms. The average Bonchev–Trinajstić information content (AvgIpc) is 2.62. The molecule has 0 aliphatic carbocycles. The largest absolute Gasteiger partial charge is 0.488 e. The van der Waals surface area contributed by atoms with Crippen molar-refractivity contribution < 1.29 is 17.9 Å². The average molecular weight is 377 g/mol. The molecule has 0 spiro atoms. The molecule has 142 valence electrons. The normalized spacial score (nSPS) is 14.2. The van der Waals surface area contributed by atoms with E-state index in [1.54, 1.807) is 36.4 Å². The Kier molecular flexibility index (Phi) is 6.84. The molecule has 4 nitrogen and oxygen atoms in total. The lowest BCUT2D eigenvalue weighted by atomic mass is 10.0. The van der Waals surface area contributed by atoms with Gasteiger partial charge in [0.05, 0.1) is 15.9 Å². The van der Waals surface area contributed by atoms with Gasteiger partial charge in [-0.1, -0.05) is 26.0 Å². The van der Waals surface area contributed by atoms with Gasteiger partial charge in [0.2, 0.25) is 9.84 Å². The molecule has 0 aliphatic heterocycles. The van der Waals surface area contributed by atoms with Crippen molar-refractivity contribution in [1.29, 1.82) is 0 Å². The topological polar surface area (TPSA) is 52.6 Å². The highest BCUT2D eigenvalue weighted by molar-refractivity contribution is 7.91. The first-order valence-electron chi connectivity index (χ1n) is 8.99. The molecule has 0 heterocycles. The summed E-state index contributed by atoms with van der Waals surface area (Å²) < 4.78 is 36.9. The fourth-order valence-electron chi connectivity index (χ4n) is 2.57. The lowest BCUT2D eigenvalue weighted by molar-refractivity contribution is -0.00115. The van der Waals surface area contributed by atoms with Crippen LogP contribution < -0.4 is 4.74 Å². The SMILES string of the molecule is CCO[C@@H](C)C(C)Oc1ccc(S(=O)(=O)c2ccc(C(C)C)cc2)cc1. The van der Waals surface area contributed by atoms with Gasteiger partial charge in [0.15, 0.2) is 0 Å². The van der Waals surface area contributed by atoms with Gasteiger partial charge in [-0.3, -0.25) is 0 Å². The first kappa shape index (κ1) is 20.5. The summed E-state index contributed by atoms with van der Waals surface area (Å²) in [7, 11) is -3.53. The third-order valence-corrected chi connectivity index (χ3v) is 6.19. The van der Waals surface area contributed by atoms with E-state index < -0.39 is 9.84 Å². The quantitative estimate of drug-likeness (QED) is 0.662. The highest BCUT2D eigenvalue weighted by Crippen LogP contribution is 2.25. The van der Waals surface area contributed by atoms with Crippen LogP contribution in [0, 0.1) is 0 Å². The standard InChI is InChI=1S/C21H28O4S/c1-6-24-16(4)17(5)25-19-9-13-21(14-10-19)26(22,23)20-11-7-18(8-12-20)15(2)3/h7-17H,6H2,1-5H3/t16-,17?/m0/s1. The molecule has 0 radical (unpaired) electrons. The number of hydrogen-bond acceptors (Lipinski definition) is 4. The smallest absolute Gasteiger partial charge is 0.206 e. The summed E-state index contributed by atoms with van der Waals surface area (Å²) in [5.74, 6) is 0.988. The van der Waals surface area contributed by atoms with Gasteiger partial charge >= 0.3 is 0 Å². The third-order valence-electron chi connectivity index (χ3n) is 4.40. The first-order chi connectivity index (χ1) is 12.3. The number of ether oxygens (including phenoxy) is 2. The molecule has 0 N–H and O–H groups in total. The molecule has 26 heavy (non-hydrogen) atoms. The van der Waals surface area contributed by atoms with Gasteiger partial charge in [-0.05, 0) is 68.7 Å². The van der Waals surface area contributed by atoms with E-state index in [-0.39, 0.29) is 17.1 Å². The molecular formula is C21H28O4S. The molecule has 0 saturated heterocycles. The fraction of sp³-hybridized carbons (Fsp3) is 0.429. The second-order valence-electron chi connectivity index (χ2n) is 6.68. The van der Waals surface area contributed by atoms with Crippen LogP contribution in [0.4, 0.5) is 0 Å². The number of rotatable bonds is 8. The predicted molar refractivity (Wildman–Crippen MR) is 104 cm³/mol. The molecule has 0 fully saturated rings. The number of benzene rings is 2. The number of sulfone groups is 1. The lowest BCUT2D eigenvalue weighted by Crippen LogP contribution is -2.28. The Bertz CT molecular complexity index is 793. The van der Waals surface area contributed by atoms with Gasteiger partial charge in [-0.15, -0.1) is 0 Å². The van der Waals surface area contributed by atoms with Crippen molar-refractivity contribution in [3.63, 3.8) is 0 Å². The monoisotopic (exact) mass is 376 g/mol. The molecule has 0 saturated carbocycles. The molecule has 1 unspecified atom stereocenters. The highest BCUT2D eigenvalue weighted by atomic mass is 32.2. The Labute approximate surface area is 157 Å². The van der Waals surface area contributed by atoms with Crippen molar-refractivity contribution in [1.82, 2.24) is 0 Å². The maximum absolute atomic E-state index is 12.8. The van der Waals surface area contributed by atoms with Gasteiger partial charge in [0, 0.05) is 6.61 Å². The van der Waals surface area contributed by atoms with E-state index in [1.165, 1.54) is 0 Å². The second-order valence-corrected chi connectivity index (χ2v) is 8.63. The van der Waals surface area contributed by atoms with Gasteiger partial charge in [-0.2, -0.15) is 0 Å². The number of hydrogen-bond donors (Lipinski definition) is 0. The van der Waals surface area contributed by atoms with Crippen LogP contribution in [-0.2, 0) is 14.6 Å². The Morgan fingerprint density at radius 2 is 1.31 bits per heavy atom. The Morgan fingerprint density at radius 3 is 1.77 bits per heavy atom. The summed E-state index contributed by atoms with van der Waals surface area (Å²) in [6.45, 7) is 10.6. The third kappa shape index (κ3) is 4.86. The zero-order valence-corrected chi connectivity index (χ0v) is 16.9. The zero-order valence-electron chi connectivity index (χ0n) is 16.1. The summed E-state index contributed by atoms with van der Waals surface area (Å²) in [6.07, 6.45) is -0.163. The minimum atomic E-state index is -3.53. The molecule has 0 aliphatic rings. The van der Waals surface area contributed by atoms with Crippen LogP contribution in [0.3, 0.4) is 0 Å². The van der Waals surface area contributed by atoms with E-state index in [0.29, 0.717) is 23.2 Å². The van der Waals surface area contributed by atoms with E-state index in [4.69, 9.17) is 9.47 Å². The van der Waals surface area contributed by atoms with Crippen molar-refractivity contribution in [2.24, 2.45) is 0 Å². The minimum absolute atomic E-state index is 0.0390. The summed E-state index contributed by atoms with van der Waals surface area (Å²) in [5.41, 5.74) is 1.12. The van der Waals surface area contributed by atoms with Crippen molar-refractivity contribution >= 4 is 9.84 Å². The zero-order chi connectivity index (χ0) is 19.3. The minimum Gasteiger partial charge on any atom is -0.488 e. The summed E-state index contributed by atoms with van der Waals surface area (Å²) in [5, 5.41) is 0. The molecule has 2 rings (SSSR count). The molecule has 0 aromatic heterocycles. The Hall–Kier alpha value is -1.85. The second kappa shape index (κ2) is 8.69. The highest BCUT2D eigenvalue weighted by Gasteiger charge is 2.19. The van der Waals surface area contributed by atoms with Gasteiger partial charge in [0.25, 0.3) is 0 Å². The Morgan fingerprint density at radius 1 is 0.808 bits per heavy atom. The van der Waals surface area contributed by atoms with Crippen LogP contribution in [0.1, 0.15) is 46.1 Å². The van der Waals surface area contributed by atoms with E-state index in [9.17, 15) is 8.42 Å². The van der Waals surface area contributed by atoms with Crippen LogP contribution in [0.5, 0.6) is 5.75 Å². The van der Waals surface area contributed by atoms with Crippen molar-refractivity contribution in [3.05, 3.63) is 54.1 Å². The van der Waals surface area contributed by atoms with Crippen LogP contribution in [0.15, 0.2) is 58.3 Å². The van der Waals surface area contributed by atoms with E-state index in [0.717, 1.165) is 5.56 Å². The predicted octanol–water partition coefficient (Wildman–Crippen LogP) is 4.84. The van der Waals surface area contributed by atoms with Gasteiger partial charge < -0.3 is 9.47 Å². The van der Waals surface area contributed by atoms with E-state index >= 15 is 0 Å². The molecule has 2 atom stereocenters.